The van der Waals surface area contributed by atoms with Gasteiger partial charge in [0.05, 0.1) is 28.5 Å². The van der Waals surface area contributed by atoms with Gasteiger partial charge in [0.1, 0.15) is 0 Å². The first-order valence-corrected chi connectivity index (χ1v) is 7.93. The highest BCUT2D eigenvalue weighted by Gasteiger charge is 2.27. The van der Waals surface area contributed by atoms with Gasteiger partial charge in [0.2, 0.25) is 5.16 Å². The van der Waals surface area contributed by atoms with Crippen molar-refractivity contribution in [3.63, 3.8) is 0 Å². The third-order valence-electron chi connectivity index (χ3n) is 3.54. The van der Waals surface area contributed by atoms with Crippen molar-refractivity contribution in [1.82, 2.24) is 30.2 Å². The predicted molar refractivity (Wildman–Crippen MR) is 79.9 cm³/mol. The van der Waals surface area contributed by atoms with E-state index < -0.39 is 0 Å². The standard InChI is InChI=1S/C14H14N6S/c1-9-13(16-12-5-3-2-4-11(12)15-9)8-21-14-17-18-19-20(14)10-6-7-10/h2-5,10H,6-8H2,1H3. The molecule has 7 heteroatoms. The van der Waals surface area contributed by atoms with Crippen LogP contribution in [0.25, 0.3) is 11.0 Å². The van der Waals surface area contributed by atoms with Crippen LogP contribution in [0.15, 0.2) is 29.4 Å². The fourth-order valence-electron chi connectivity index (χ4n) is 2.22. The number of tetrazole rings is 1. The Morgan fingerprint density at radius 1 is 1.19 bits per heavy atom. The molecule has 0 aliphatic heterocycles. The van der Waals surface area contributed by atoms with Crippen molar-refractivity contribution in [2.75, 3.05) is 0 Å². The monoisotopic (exact) mass is 298 g/mol. The van der Waals surface area contributed by atoms with Crippen LogP contribution in [0.3, 0.4) is 0 Å². The molecule has 0 N–H and O–H groups in total. The molecule has 21 heavy (non-hydrogen) atoms. The van der Waals surface area contributed by atoms with Gasteiger partial charge in [-0.25, -0.2) is 14.6 Å². The molecule has 4 rings (SSSR count). The number of aromatic nitrogens is 6. The zero-order chi connectivity index (χ0) is 14.2. The second kappa shape index (κ2) is 5.07. The fraction of sp³-hybridized carbons (Fsp3) is 0.357. The van der Waals surface area contributed by atoms with Crippen molar-refractivity contribution in [2.24, 2.45) is 0 Å². The molecular formula is C14H14N6S. The number of hydrogen-bond donors (Lipinski definition) is 0. The molecule has 1 aliphatic carbocycles. The molecule has 1 saturated carbocycles. The summed E-state index contributed by atoms with van der Waals surface area (Å²) < 4.78 is 1.93. The minimum Gasteiger partial charge on any atom is -0.250 e. The summed E-state index contributed by atoms with van der Waals surface area (Å²) in [5, 5.41) is 12.8. The SMILES string of the molecule is Cc1nc2ccccc2nc1CSc1nnnn1C1CC1. The molecule has 0 saturated heterocycles. The number of rotatable bonds is 4. The summed E-state index contributed by atoms with van der Waals surface area (Å²) in [6, 6.07) is 8.43. The van der Waals surface area contributed by atoms with Crippen molar-refractivity contribution in [3.05, 3.63) is 35.7 Å². The van der Waals surface area contributed by atoms with Crippen molar-refractivity contribution < 1.29 is 0 Å². The molecular weight excluding hydrogens is 284 g/mol. The highest BCUT2D eigenvalue weighted by Crippen LogP contribution is 2.36. The number of aryl methyl sites for hydroxylation is 1. The average Bonchev–Trinajstić information content (AvgIpc) is 3.24. The van der Waals surface area contributed by atoms with E-state index in [1.807, 2.05) is 35.9 Å². The fourth-order valence-corrected chi connectivity index (χ4v) is 3.17. The second-order valence-electron chi connectivity index (χ2n) is 5.17. The maximum absolute atomic E-state index is 4.70. The van der Waals surface area contributed by atoms with Gasteiger partial charge in [-0.1, -0.05) is 23.9 Å². The smallest absolute Gasteiger partial charge is 0.209 e. The molecule has 0 amide bonds. The number of fused-ring (bicyclic) bond motifs is 1. The summed E-state index contributed by atoms with van der Waals surface area (Å²) in [4.78, 5) is 9.31. The average molecular weight is 298 g/mol. The number of benzene rings is 1. The molecule has 3 aromatic rings. The first-order chi connectivity index (χ1) is 10.3. The molecule has 6 nitrogen and oxygen atoms in total. The first kappa shape index (κ1) is 12.7. The molecule has 0 unspecified atom stereocenters. The van der Waals surface area contributed by atoms with Crippen LogP contribution < -0.4 is 0 Å². The third-order valence-corrected chi connectivity index (χ3v) is 4.48. The van der Waals surface area contributed by atoms with Gasteiger partial charge in [0.25, 0.3) is 0 Å². The minimum absolute atomic E-state index is 0.492. The lowest BCUT2D eigenvalue weighted by atomic mass is 10.2. The van der Waals surface area contributed by atoms with Gasteiger partial charge in [-0.2, -0.15) is 0 Å². The summed E-state index contributed by atoms with van der Waals surface area (Å²) in [6.45, 7) is 2.00. The molecule has 0 bridgehead atoms. The Hall–Kier alpha value is -2.02. The van der Waals surface area contributed by atoms with Crippen LogP contribution >= 0.6 is 11.8 Å². The molecule has 0 spiro atoms. The zero-order valence-electron chi connectivity index (χ0n) is 11.6. The van der Waals surface area contributed by atoms with Crippen LogP contribution in [-0.2, 0) is 5.75 Å². The van der Waals surface area contributed by atoms with Gasteiger partial charge in [-0.15, -0.1) is 5.10 Å². The van der Waals surface area contributed by atoms with Crippen LogP contribution in [0.5, 0.6) is 0 Å². The predicted octanol–water partition coefficient (Wildman–Crippen LogP) is 2.55. The lowest BCUT2D eigenvalue weighted by molar-refractivity contribution is 0.565. The van der Waals surface area contributed by atoms with E-state index in [0.717, 1.165) is 33.3 Å². The van der Waals surface area contributed by atoms with Crippen molar-refractivity contribution in [2.45, 2.75) is 36.7 Å². The number of nitrogens with zero attached hydrogens (tertiary/aromatic N) is 6. The van der Waals surface area contributed by atoms with E-state index in [9.17, 15) is 0 Å². The second-order valence-corrected chi connectivity index (χ2v) is 6.11. The normalized spacial score (nSPS) is 14.7. The van der Waals surface area contributed by atoms with Gasteiger partial charge in [0.15, 0.2) is 0 Å². The highest BCUT2D eigenvalue weighted by atomic mass is 32.2. The molecule has 1 fully saturated rings. The zero-order valence-corrected chi connectivity index (χ0v) is 12.4. The van der Waals surface area contributed by atoms with Crippen LogP contribution in [0, 0.1) is 6.92 Å². The van der Waals surface area contributed by atoms with Gasteiger partial charge in [-0.3, -0.25) is 0 Å². The summed E-state index contributed by atoms with van der Waals surface area (Å²) in [6.07, 6.45) is 2.35. The molecule has 0 radical (unpaired) electrons. The van der Waals surface area contributed by atoms with Crippen LogP contribution in [0.2, 0.25) is 0 Å². The van der Waals surface area contributed by atoms with E-state index in [-0.39, 0.29) is 0 Å². The van der Waals surface area contributed by atoms with Crippen molar-refractivity contribution in [3.8, 4) is 0 Å². The topological polar surface area (TPSA) is 69.4 Å². The van der Waals surface area contributed by atoms with Gasteiger partial charge in [0, 0.05) is 5.75 Å². The summed E-state index contributed by atoms with van der Waals surface area (Å²) in [5.41, 5.74) is 3.82. The van der Waals surface area contributed by atoms with E-state index >= 15 is 0 Å². The Bertz CT molecular complexity index is 795. The molecule has 0 atom stereocenters. The summed E-state index contributed by atoms with van der Waals surface area (Å²) in [7, 11) is 0. The maximum atomic E-state index is 4.70. The molecule has 2 heterocycles. The first-order valence-electron chi connectivity index (χ1n) is 6.94. The summed E-state index contributed by atoms with van der Waals surface area (Å²) in [5.74, 6) is 0.733. The largest absolute Gasteiger partial charge is 0.250 e. The lowest BCUT2D eigenvalue weighted by Gasteiger charge is -2.06. The number of thioether (sulfide) groups is 1. The molecule has 1 aromatic carbocycles. The number of para-hydroxylation sites is 2. The van der Waals surface area contributed by atoms with Gasteiger partial charge in [-0.05, 0) is 42.3 Å². The maximum Gasteiger partial charge on any atom is 0.209 e. The van der Waals surface area contributed by atoms with Crippen LogP contribution in [-0.4, -0.2) is 30.2 Å². The molecule has 106 valence electrons. The Kier molecular flexibility index (Phi) is 3.07. The molecule has 1 aliphatic rings. The summed E-state index contributed by atoms with van der Waals surface area (Å²) >= 11 is 1.62. The Morgan fingerprint density at radius 3 is 2.71 bits per heavy atom. The minimum atomic E-state index is 0.492. The molecule has 2 aromatic heterocycles. The highest BCUT2D eigenvalue weighted by molar-refractivity contribution is 7.98. The Morgan fingerprint density at radius 2 is 1.95 bits per heavy atom. The van der Waals surface area contributed by atoms with E-state index in [4.69, 9.17) is 4.98 Å². The number of hydrogen-bond acceptors (Lipinski definition) is 6. The van der Waals surface area contributed by atoms with E-state index in [2.05, 4.69) is 20.5 Å². The van der Waals surface area contributed by atoms with Crippen LogP contribution in [0.4, 0.5) is 0 Å². The van der Waals surface area contributed by atoms with E-state index in [1.165, 1.54) is 12.8 Å². The van der Waals surface area contributed by atoms with Crippen molar-refractivity contribution in [1.29, 1.82) is 0 Å². The van der Waals surface area contributed by atoms with Crippen molar-refractivity contribution >= 4 is 22.8 Å². The lowest BCUT2D eigenvalue weighted by Crippen LogP contribution is -2.01. The third kappa shape index (κ3) is 2.49. The van der Waals surface area contributed by atoms with Gasteiger partial charge < -0.3 is 0 Å². The van der Waals surface area contributed by atoms with Gasteiger partial charge >= 0.3 is 0 Å². The Balaban J connectivity index is 1.59. The van der Waals surface area contributed by atoms with E-state index in [0.29, 0.717) is 6.04 Å². The van der Waals surface area contributed by atoms with E-state index in [1.54, 1.807) is 11.8 Å². The quantitative estimate of drug-likeness (QED) is 0.689. The van der Waals surface area contributed by atoms with Crippen LogP contribution in [0.1, 0.15) is 30.3 Å². The Labute approximate surface area is 126 Å².